The summed E-state index contributed by atoms with van der Waals surface area (Å²) in [5, 5.41) is 2.98. The molecule has 1 N–H and O–H groups in total. The molecule has 0 radical (unpaired) electrons. The Morgan fingerprint density at radius 1 is 1.12 bits per heavy atom. The highest BCUT2D eigenvalue weighted by atomic mass is 16.5. The van der Waals surface area contributed by atoms with Crippen LogP contribution >= 0.6 is 0 Å². The highest BCUT2D eigenvalue weighted by Gasteiger charge is 2.24. The summed E-state index contributed by atoms with van der Waals surface area (Å²) in [5.74, 6) is 1.38. The molecule has 0 spiro atoms. The van der Waals surface area contributed by atoms with Crippen LogP contribution < -0.4 is 14.8 Å². The molecule has 1 aliphatic heterocycles. The molecule has 0 bridgehead atoms. The monoisotopic (exact) mass is 363 g/mol. The topological polar surface area (TPSA) is 71.1 Å². The van der Waals surface area contributed by atoms with E-state index in [1.54, 1.807) is 21.1 Å². The molecule has 1 aliphatic rings. The molecule has 1 fully saturated rings. The molecular weight excluding hydrogens is 334 g/mol. The maximum atomic E-state index is 12.5. The van der Waals surface area contributed by atoms with E-state index >= 15 is 0 Å². The molecule has 1 aromatic carbocycles. The van der Waals surface area contributed by atoms with Crippen LogP contribution in [0, 0.1) is 0 Å². The zero-order valence-electron chi connectivity index (χ0n) is 16.1. The van der Waals surface area contributed by atoms with E-state index in [-0.39, 0.29) is 17.9 Å². The Balaban J connectivity index is 1.90. The first-order valence-electron chi connectivity index (χ1n) is 8.94. The number of benzene rings is 1. The number of rotatable bonds is 6. The Bertz CT molecular complexity index is 635. The second-order valence-electron chi connectivity index (χ2n) is 6.48. The predicted octanol–water partition coefficient (Wildman–Crippen LogP) is 1.26. The first kappa shape index (κ1) is 20.0. The van der Waals surface area contributed by atoms with Crippen molar-refractivity contribution < 1.29 is 19.1 Å². The van der Waals surface area contributed by atoms with Crippen LogP contribution in [0.25, 0.3) is 0 Å². The van der Waals surface area contributed by atoms with Gasteiger partial charge in [0.25, 0.3) is 0 Å². The van der Waals surface area contributed by atoms with Gasteiger partial charge in [0.2, 0.25) is 11.8 Å². The third-order valence-corrected chi connectivity index (χ3v) is 4.82. The number of hydrogen-bond donors (Lipinski definition) is 1. The maximum Gasteiger partial charge on any atom is 0.237 e. The van der Waals surface area contributed by atoms with E-state index in [0.717, 1.165) is 25.1 Å². The molecule has 0 saturated carbocycles. The highest BCUT2D eigenvalue weighted by molar-refractivity contribution is 5.81. The molecule has 1 saturated heterocycles. The molecule has 0 aromatic heterocycles. The van der Waals surface area contributed by atoms with Gasteiger partial charge < -0.3 is 19.7 Å². The van der Waals surface area contributed by atoms with Crippen LogP contribution in [0.15, 0.2) is 18.2 Å². The fourth-order valence-corrected chi connectivity index (χ4v) is 3.13. The van der Waals surface area contributed by atoms with Crippen molar-refractivity contribution in [1.29, 1.82) is 0 Å². The van der Waals surface area contributed by atoms with Crippen LogP contribution in [-0.2, 0) is 16.1 Å². The smallest absolute Gasteiger partial charge is 0.237 e. The standard InChI is InChI=1S/C19H29N3O4/c1-14(21-8-5-9-22(11-10-21)15(2)23)19(24)20-13-16-6-7-17(25-3)18(12-16)26-4/h6-7,12,14H,5,8-11,13H2,1-4H3,(H,20,24)/t14-/m0/s1. The average Bonchev–Trinajstić information content (AvgIpc) is 2.91. The fourth-order valence-electron chi connectivity index (χ4n) is 3.13. The van der Waals surface area contributed by atoms with Gasteiger partial charge in [-0.2, -0.15) is 0 Å². The van der Waals surface area contributed by atoms with Crippen molar-refractivity contribution in [3.05, 3.63) is 23.8 Å². The van der Waals surface area contributed by atoms with E-state index in [9.17, 15) is 9.59 Å². The van der Waals surface area contributed by atoms with E-state index in [0.29, 0.717) is 31.1 Å². The molecule has 7 heteroatoms. The number of carbonyl (C=O) groups is 2. The summed E-state index contributed by atoms with van der Waals surface area (Å²) in [6.07, 6.45) is 0.882. The minimum atomic E-state index is -0.234. The molecule has 7 nitrogen and oxygen atoms in total. The predicted molar refractivity (Wildman–Crippen MR) is 99.3 cm³/mol. The SMILES string of the molecule is COc1ccc(CNC(=O)[C@H](C)N2CCCN(C(C)=O)CC2)cc1OC. The van der Waals surface area contributed by atoms with Crippen LogP contribution in [-0.4, -0.2) is 68.1 Å². The average molecular weight is 363 g/mol. The molecule has 1 atom stereocenters. The van der Waals surface area contributed by atoms with Gasteiger partial charge in [0, 0.05) is 39.6 Å². The Morgan fingerprint density at radius 3 is 2.50 bits per heavy atom. The van der Waals surface area contributed by atoms with E-state index in [4.69, 9.17) is 9.47 Å². The number of nitrogens with zero attached hydrogens (tertiary/aromatic N) is 2. The summed E-state index contributed by atoms with van der Waals surface area (Å²) >= 11 is 0. The lowest BCUT2D eigenvalue weighted by Gasteiger charge is -2.26. The Hall–Kier alpha value is -2.28. The van der Waals surface area contributed by atoms with Crippen molar-refractivity contribution >= 4 is 11.8 Å². The minimum absolute atomic E-state index is 0.0175. The summed E-state index contributed by atoms with van der Waals surface area (Å²) in [7, 11) is 3.18. The van der Waals surface area contributed by atoms with Crippen molar-refractivity contribution in [3.63, 3.8) is 0 Å². The molecular formula is C19H29N3O4. The van der Waals surface area contributed by atoms with Gasteiger partial charge in [-0.15, -0.1) is 0 Å². The van der Waals surface area contributed by atoms with Crippen LogP contribution in [0.2, 0.25) is 0 Å². The van der Waals surface area contributed by atoms with Gasteiger partial charge in [0.1, 0.15) is 0 Å². The fraction of sp³-hybridized carbons (Fsp3) is 0.579. The van der Waals surface area contributed by atoms with E-state index in [1.165, 1.54) is 0 Å². The summed E-state index contributed by atoms with van der Waals surface area (Å²) in [4.78, 5) is 28.0. The molecule has 2 rings (SSSR count). The van der Waals surface area contributed by atoms with Gasteiger partial charge in [-0.3, -0.25) is 14.5 Å². The molecule has 2 amide bonds. The lowest BCUT2D eigenvalue weighted by atomic mass is 10.2. The lowest BCUT2D eigenvalue weighted by molar-refractivity contribution is -0.128. The normalized spacial score (nSPS) is 16.5. The number of carbonyl (C=O) groups excluding carboxylic acids is 2. The molecule has 26 heavy (non-hydrogen) atoms. The van der Waals surface area contributed by atoms with Crippen LogP contribution in [0.5, 0.6) is 11.5 Å². The molecule has 144 valence electrons. The number of methoxy groups -OCH3 is 2. The van der Waals surface area contributed by atoms with Gasteiger partial charge in [0.05, 0.1) is 20.3 Å². The summed E-state index contributed by atoms with van der Waals surface area (Å²) in [6, 6.07) is 5.36. The largest absolute Gasteiger partial charge is 0.493 e. The molecule has 0 aliphatic carbocycles. The third kappa shape index (κ3) is 5.11. The number of amides is 2. The van der Waals surface area contributed by atoms with Gasteiger partial charge in [0.15, 0.2) is 11.5 Å². The number of nitrogens with one attached hydrogen (secondary N) is 1. The zero-order valence-corrected chi connectivity index (χ0v) is 16.1. The zero-order chi connectivity index (χ0) is 19.1. The third-order valence-electron chi connectivity index (χ3n) is 4.82. The Labute approximate surface area is 155 Å². The van der Waals surface area contributed by atoms with E-state index in [1.807, 2.05) is 30.0 Å². The summed E-state index contributed by atoms with van der Waals surface area (Å²) in [6.45, 7) is 6.88. The Kier molecular flexibility index (Phi) is 7.26. The van der Waals surface area contributed by atoms with Crippen molar-refractivity contribution in [2.75, 3.05) is 40.4 Å². The first-order chi connectivity index (χ1) is 12.5. The lowest BCUT2D eigenvalue weighted by Crippen LogP contribution is -2.46. The number of ether oxygens (including phenoxy) is 2. The molecule has 1 heterocycles. The first-order valence-corrected chi connectivity index (χ1v) is 8.94. The maximum absolute atomic E-state index is 12.5. The second kappa shape index (κ2) is 9.43. The minimum Gasteiger partial charge on any atom is -0.493 e. The summed E-state index contributed by atoms with van der Waals surface area (Å²) < 4.78 is 10.5. The van der Waals surface area contributed by atoms with Gasteiger partial charge >= 0.3 is 0 Å². The van der Waals surface area contributed by atoms with Crippen LogP contribution in [0.4, 0.5) is 0 Å². The summed E-state index contributed by atoms with van der Waals surface area (Å²) in [5.41, 5.74) is 0.946. The quantitative estimate of drug-likeness (QED) is 0.824. The second-order valence-corrected chi connectivity index (χ2v) is 6.48. The van der Waals surface area contributed by atoms with Crippen LogP contribution in [0.1, 0.15) is 25.8 Å². The van der Waals surface area contributed by atoms with Crippen LogP contribution in [0.3, 0.4) is 0 Å². The van der Waals surface area contributed by atoms with Gasteiger partial charge in [-0.25, -0.2) is 0 Å². The highest BCUT2D eigenvalue weighted by Crippen LogP contribution is 2.27. The van der Waals surface area contributed by atoms with E-state index in [2.05, 4.69) is 10.2 Å². The van der Waals surface area contributed by atoms with Crippen molar-refractivity contribution in [2.45, 2.75) is 32.9 Å². The number of hydrogen-bond acceptors (Lipinski definition) is 5. The van der Waals surface area contributed by atoms with Crippen molar-refractivity contribution in [1.82, 2.24) is 15.1 Å². The molecule has 1 aromatic rings. The Morgan fingerprint density at radius 2 is 1.85 bits per heavy atom. The molecule has 0 unspecified atom stereocenters. The van der Waals surface area contributed by atoms with Gasteiger partial charge in [-0.1, -0.05) is 6.07 Å². The van der Waals surface area contributed by atoms with Gasteiger partial charge in [-0.05, 0) is 31.0 Å². The van der Waals surface area contributed by atoms with Crippen molar-refractivity contribution in [3.8, 4) is 11.5 Å². The van der Waals surface area contributed by atoms with Crippen molar-refractivity contribution in [2.24, 2.45) is 0 Å². The van der Waals surface area contributed by atoms with E-state index < -0.39 is 0 Å².